The van der Waals surface area contributed by atoms with E-state index in [0.717, 1.165) is 6.42 Å². The van der Waals surface area contributed by atoms with Crippen LogP contribution in [0.4, 0.5) is 0 Å². The average molecular weight is 337 g/mol. The zero-order valence-electron chi connectivity index (χ0n) is 15.1. The van der Waals surface area contributed by atoms with Gasteiger partial charge in [0.15, 0.2) is 5.41 Å². The van der Waals surface area contributed by atoms with E-state index in [4.69, 9.17) is 9.47 Å². The first kappa shape index (κ1) is 18.0. The van der Waals surface area contributed by atoms with Gasteiger partial charge in [0, 0.05) is 0 Å². The summed E-state index contributed by atoms with van der Waals surface area (Å²) in [7, 11) is 1.30. The summed E-state index contributed by atoms with van der Waals surface area (Å²) in [5, 5.41) is 0. The molecule has 1 fully saturated rings. The van der Waals surface area contributed by atoms with Crippen molar-refractivity contribution >= 4 is 20.0 Å². The van der Waals surface area contributed by atoms with Crippen molar-refractivity contribution in [3.63, 3.8) is 0 Å². The van der Waals surface area contributed by atoms with E-state index in [1.165, 1.54) is 25.4 Å². The predicted molar refractivity (Wildman–Crippen MR) is 92.7 cm³/mol. The first-order valence-corrected chi connectivity index (χ1v) is 11.8. The van der Waals surface area contributed by atoms with Crippen LogP contribution in [0, 0.1) is 11.3 Å². The summed E-state index contributed by atoms with van der Waals surface area (Å²) in [6.45, 7) is 9.30. The van der Waals surface area contributed by atoms with E-state index in [9.17, 15) is 9.59 Å². The molecule has 4 nitrogen and oxygen atoms in total. The molecule has 2 aliphatic rings. The number of methoxy groups -OCH3 is 2. The third-order valence-electron chi connectivity index (χ3n) is 5.48. The Hall–Kier alpha value is -1.36. The number of esters is 2. The summed E-state index contributed by atoms with van der Waals surface area (Å²) in [6, 6.07) is 0. The molecular formula is C18H28O4Si. The van der Waals surface area contributed by atoms with Gasteiger partial charge in [-0.1, -0.05) is 42.9 Å². The van der Waals surface area contributed by atoms with E-state index < -0.39 is 25.4 Å². The SMILES string of the molecule is COC(=O)C1(C(=O)OC)CC2=C(C)[C@@H]([Si](C)(C)C)CC=C[C@H]2C1. The number of rotatable bonds is 3. The highest BCUT2D eigenvalue weighted by Gasteiger charge is 2.56. The van der Waals surface area contributed by atoms with Gasteiger partial charge >= 0.3 is 11.9 Å². The smallest absolute Gasteiger partial charge is 0.323 e. The third kappa shape index (κ3) is 3.03. The zero-order chi connectivity index (χ0) is 17.4. The van der Waals surface area contributed by atoms with Crippen LogP contribution in [0.3, 0.4) is 0 Å². The summed E-state index contributed by atoms with van der Waals surface area (Å²) >= 11 is 0. The van der Waals surface area contributed by atoms with Crippen molar-refractivity contribution < 1.29 is 19.1 Å². The molecule has 0 N–H and O–H groups in total. The lowest BCUT2D eigenvalue weighted by Gasteiger charge is -2.30. The molecule has 0 aliphatic heterocycles. The van der Waals surface area contributed by atoms with Gasteiger partial charge < -0.3 is 9.47 Å². The fourth-order valence-electron chi connectivity index (χ4n) is 4.21. The second-order valence-electron chi connectivity index (χ2n) is 7.84. The molecule has 2 atom stereocenters. The van der Waals surface area contributed by atoms with Gasteiger partial charge in [-0.25, -0.2) is 0 Å². The van der Waals surface area contributed by atoms with Crippen molar-refractivity contribution in [2.75, 3.05) is 14.2 Å². The fraction of sp³-hybridized carbons (Fsp3) is 0.667. The lowest BCUT2D eigenvalue weighted by Crippen LogP contribution is -2.39. The average Bonchev–Trinajstić information content (AvgIpc) is 2.82. The Kier molecular flexibility index (Phi) is 4.90. The number of hydrogen-bond acceptors (Lipinski definition) is 4. The first-order valence-electron chi connectivity index (χ1n) is 8.20. The van der Waals surface area contributed by atoms with Crippen LogP contribution in [0.2, 0.25) is 25.2 Å². The highest BCUT2D eigenvalue weighted by molar-refractivity contribution is 6.78. The Morgan fingerprint density at radius 1 is 1.17 bits per heavy atom. The fourth-order valence-corrected chi connectivity index (χ4v) is 6.54. The topological polar surface area (TPSA) is 52.6 Å². The number of ether oxygens (including phenoxy) is 2. The number of carbonyl (C=O) groups excluding carboxylic acids is 2. The molecule has 128 valence electrons. The lowest BCUT2D eigenvalue weighted by atomic mass is 9.84. The molecule has 0 amide bonds. The van der Waals surface area contributed by atoms with Crippen LogP contribution in [0.15, 0.2) is 23.3 Å². The van der Waals surface area contributed by atoms with Gasteiger partial charge in [-0.2, -0.15) is 0 Å². The summed E-state index contributed by atoms with van der Waals surface area (Å²) in [5.41, 5.74) is 1.97. The number of allylic oxidation sites excluding steroid dienone is 4. The Bertz CT molecular complexity index is 552. The van der Waals surface area contributed by atoms with Crippen molar-refractivity contribution in [3.8, 4) is 0 Å². The highest BCUT2D eigenvalue weighted by atomic mass is 28.3. The molecule has 0 aromatic heterocycles. The quantitative estimate of drug-likeness (QED) is 0.341. The predicted octanol–water partition coefficient (Wildman–Crippen LogP) is 3.71. The third-order valence-corrected chi connectivity index (χ3v) is 8.23. The first-order chi connectivity index (χ1) is 10.7. The lowest BCUT2D eigenvalue weighted by molar-refractivity contribution is -0.168. The van der Waals surface area contributed by atoms with E-state index in [1.807, 2.05) is 0 Å². The summed E-state index contributed by atoms with van der Waals surface area (Å²) < 4.78 is 9.90. The molecule has 0 aromatic carbocycles. The van der Waals surface area contributed by atoms with Crippen LogP contribution in [0.25, 0.3) is 0 Å². The molecule has 2 aliphatic carbocycles. The molecule has 0 aromatic rings. The molecule has 5 heteroatoms. The molecule has 1 saturated carbocycles. The molecule has 0 bridgehead atoms. The van der Waals surface area contributed by atoms with Gasteiger partial charge in [0.25, 0.3) is 0 Å². The second kappa shape index (κ2) is 6.27. The molecule has 0 heterocycles. The largest absolute Gasteiger partial charge is 0.468 e. The minimum Gasteiger partial charge on any atom is -0.468 e. The van der Waals surface area contributed by atoms with E-state index >= 15 is 0 Å². The maximum Gasteiger partial charge on any atom is 0.323 e. The minimum absolute atomic E-state index is 0.134. The molecule has 0 spiro atoms. The standard InChI is InChI=1S/C18H28O4Si/c1-12-14-11-18(16(19)21-2,17(20)22-3)10-13(14)8-7-9-15(12)23(4,5)6/h7-8,13,15H,9-11H2,1-6H3/t13-,15-/m0/s1. The normalized spacial score (nSPS) is 26.5. The highest BCUT2D eigenvalue weighted by Crippen LogP contribution is 2.52. The molecule has 23 heavy (non-hydrogen) atoms. The zero-order valence-corrected chi connectivity index (χ0v) is 16.1. The Balaban J connectivity index is 2.50. The molecule has 0 saturated heterocycles. The summed E-state index contributed by atoms with van der Waals surface area (Å²) in [5.74, 6) is -0.819. The molecule has 0 unspecified atom stereocenters. The van der Waals surface area contributed by atoms with Crippen molar-refractivity contribution in [3.05, 3.63) is 23.3 Å². The number of carbonyl (C=O) groups is 2. The van der Waals surface area contributed by atoms with Gasteiger partial charge in [-0.15, -0.1) is 0 Å². The van der Waals surface area contributed by atoms with Crippen molar-refractivity contribution in [2.24, 2.45) is 11.3 Å². The maximum absolute atomic E-state index is 12.4. The summed E-state index contributed by atoms with van der Waals surface area (Å²) in [4.78, 5) is 24.8. The Morgan fingerprint density at radius 3 is 2.22 bits per heavy atom. The van der Waals surface area contributed by atoms with E-state index in [2.05, 4.69) is 38.7 Å². The Morgan fingerprint density at radius 2 is 1.74 bits per heavy atom. The molecule has 2 rings (SSSR count). The van der Waals surface area contributed by atoms with Crippen LogP contribution >= 0.6 is 0 Å². The number of hydrogen-bond donors (Lipinski definition) is 0. The summed E-state index contributed by atoms with van der Waals surface area (Å²) in [6.07, 6.45) is 6.34. The molecular weight excluding hydrogens is 308 g/mol. The monoisotopic (exact) mass is 336 g/mol. The minimum atomic E-state index is -1.37. The van der Waals surface area contributed by atoms with Gasteiger partial charge in [0.2, 0.25) is 0 Å². The van der Waals surface area contributed by atoms with E-state index in [1.54, 1.807) is 0 Å². The van der Waals surface area contributed by atoms with Gasteiger partial charge in [-0.3, -0.25) is 9.59 Å². The van der Waals surface area contributed by atoms with Crippen LogP contribution in [0.1, 0.15) is 26.2 Å². The van der Waals surface area contributed by atoms with Gasteiger partial charge in [0.1, 0.15) is 0 Å². The van der Waals surface area contributed by atoms with Crippen molar-refractivity contribution in [1.82, 2.24) is 0 Å². The van der Waals surface area contributed by atoms with Crippen LogP contribution < -0.4 is 0 Å². The molecule has 0 radical (unpaired) electrons. The van der Waals surface area contributed by atoms with Crippen molar-refractivity contribution in [1.29, 1.82) is 0 Å². The van der Waals surface area contributed by atoms with Gasteiger partial charge in [-0.05, 0) is 37.6 Å². The van der Waals surface area contributed by atoms with Crippen LogP contribution in [-0.4, -0.2) is 34.2 Å². The van der Waals surface area contributed by atoms with Crippen molar-refractivity contribution in [2.45, 2.75) is 51.4 Å². The number of fused-ring (bicyclic) bond motifs is 1. The van der Waals surface area contributed by atoms with Gasteiger partial charge in [0.05, 0.1) is 22.3 Å². The van der Waals surface area contributed by atoms with E-state index in [0.29, 0.717) is 18.4 Å². The second-order valence-corrected chi connectivity index (χ2v) is 13.3. The van der Waals surface area contributed by atoms with Crippen LogP contribution in [-0.2, 0) is 19.1 Å². The van der Waals surface area contributed by atoms with Crippen LogP contribution in [0.5, 0.6) is 0 Å². The maximum atomic E-state index is 12.4. The Labute approximate surface area is 139 Å². The van der Waals surface area contributed by atoms with E-state index in [-0.39, 0.29) is 5.92 Å².